The van der Waals surface area contributed by atoms with E-state index in [9.17, 15) is 4.79 Å². The number of carbonyl (C=O) groups excluding carboxylic acids is 1. The average Bonchev–Trinajstić information content (AvgIpc) is 2.83. The second-order valence-electron chi connectivity index (χ2n) is 8.92. The standard InChI is InChI=1S/C24H37N5O2.HI/c1-25-24(27-19-9-7-15-28(17-19)20-10-3-2-4-11-20)26-14-8-16-29-21-12-5-6-13-22(21)31-18-23(29)30;/h5-6,12-13,19-20H,2-4,7-11,14-18H2,1H3,(H2,25,26,27);1H. The molecule has 1 saturated heterocycles. The molecule has 8 heteroatoms. The number of carbonyl (C=O) groups is 1. The number of nitrogens with one attached hydrogen (secondary N) is 2. The Kier molecular flexibility index (Phi) is 9.90. The van der Waals surface area contributed by atoms with Crippen LogP contribution >= 0.6 is 24.0 Å². The van der Waals surface area contributed by atoms with E-state index in [-0.39, 0.29) is 36.5 Å². The van der Waals surface area contributed by atoms with Crippen molar-refractivity contribution in [3.05, 3.63) is 24.3 Å². The van der Waals surface area contributed by atoms with Gasteiger partial charge in [-0.2, -0.15) is 0 Å². The summed E-state index contributed by atoms with van der Waals surface area (Å²) in [5, 5.41) is 7.07. The third-order valence-electron chi connectivity index (χ3n) is 6.77. The highest BCUT2D eigenvalue weighted by atomic mass is 127. The minimum Gasteiger partial charge on any atom is -0.482 e. The number of guanidine groups is 1. The quantitative estimate of drug-likeness (QED) is 0.244. The normalized spacial score (nSPS) is 22.5. The molecule has 2 N–H and O–H groups in total. The Morgan fingerprint density at radius 3 is 2.78 bits per heavy atom. The molecule has 32 heavy (non-hydrogen) atoms. The topological polar surface area (TPSA) is 69.2 Å². The molecule has 1 aromatic carbocycles. The van der Waals surface area contributed by atoms with Gasteiger partial charge in [0.2, 0.25) is 0 Å². The minimum absolute atomic E-state index is 0. The van der Waals surface area contributed by atoms with Crippen LogP contribution in [0.15, 0.2) is 29.3 Å². The van der Waals surface area contributed by atoms with Crippen molar-refractivity contribution in [3.8, 4) is 5.75 Å². The van der Waals surface area contributed by atoms with Crippen LogP contribution in [0, 0.1) is 0 Å². The highest BCUT2D eigenvalue weighted by Crippen LogP contribution is 2.31. The fourth-order valence-corrected chi connectivity index (χ4v) is 5.13. The van der Waals surface area contributed by atoms with Gasteiger partial charge in [0.25, 0.3) is 5.91 Å². The van der Waals surface area contributed by atoms with E-state index in [1.165, 1.54) is 51.5 Å². The van der Waals surface area contributed by atoms with Gasteiger partial charge in [0.1, 0.15) is 5.75 Å². The van der Waals surface area contributed by atoms with Gasteiger partial charge in [-0.1, -0.05) is 31.4 Å². The molecule has 7 nitrogen and oxygen atoms in total. The van der Waals surface area contributed by atoms with E-state index >= 15 is 0 Å². The Bertz CT molecular complexity index is 769. The SMILES string of the molecule is CN=C(NCCCN1C(=O)COc2ccccc21)NC1CCCN(C2CCCCC2)C1.I. The summed E-state index contributed by atoms with van der Waals surface area (Å²) >= 11 is 0. The van der Waals surface area contributed by atoms with Gasteiger partial charge in [-0.25, -0.2) is 0 Å². The molecule has 1 unspecified atom stereocenters. The predicted octanol–water partition coefficient (Wildman–Crippen LogP) is 3.38. The zero-order valence-electron chi connectivity index (χ0n) is 19.2. The lowest BCUT2D eigenvalue weighted by atomic mass is 9.92. The number of aliphatic imine (C=N–C) groups is 1. The maximum absolute atomic E-state index is 12.3. The molecule has 1 atom stereocenters. The molecule has 0 bridgehead atoms. The molecule has 0 aromatic heterocycles. The van der Waals surface area contributed by atoms with E-state index in [1.54, 1.807) is 0 Å². The molecule has 0 spiro atoms. The number of piperidine rings is 1. The van der Waals surface area contributed by atoms with E-state index in [0.29, 0.717) is 12.6 Å². The van der Waals surface area contributed by atoms with Crippen LogP contribution < -0.4 is 20.3 Å². The van der Waals surface area contributed by atoms with Crippen molar-refractivity contribution in [3.63, 3.8) is 0 Å². The number of nitrogens with zero attached hydrogens (tertiary/aromatic N) is 3. The molecule has 2 fully saturated rings. The van der Waals surface area contributed by atoms with Gasteiger partial charge < -0.3 is 20.3 Å². The molecule has 2 heterocycles. The summed E-state index contributed by atoms with van der Waals surface area (Å²) in [5.74, 6) is 1.67. The Morgan fingerprint density at radius 1 is 1.16 bits per heavy atom. The van der Waals surface area contributed by atoms with Crippen molar-refractivity contribution in [2.24, 2.45) is 4.99 Å². The average molecular weight is 556 g/mol. The first kappa shape index (κ1) is 25.1. The first-order valence-electron chi connectivity index (χ1n) is 12.0. The summed E-state index contributed by atoms with van der Waals surface area (Å²) in [4.78, 5) is 21.3. The van der Waals surface area contributed by atoms with Crippen LogP contribution in [0.4, 0.5) is 5.69 Å². The van der Waals surface area contributed by atoms with E-state index in [1.807, 2.05) is 36.2 Å². The number of likely N-dealkylation sites (tertiary alicyclic amines) is 1. The van der Waals surface area contributed by atoms with Crippen LogP contribution in [0.2, 0.25) is 0 Å². The highest BCUT2D eigenvalue weighted by Gasteiger charge is 2.27. The van der Waals surface area contributed by atoms with E-state index in [2.05, 4.69) is 20.5 Å². The van der Waals surface area contributed by atoms with Gasteiger partial charge in [-0.15, -0.1) is 24.0 Å². The predicted molar refractivity (Wildman–Crippen MR) is 140 cm³/mol. The summed E-state index contributed by atoms with van der Waals surface area (Å²) in [7, 11) is 1.83. The van der Waals surface area contributed by atoms with Gasteiger partial charge >= 0.3 is 0 Å². The van der Waals surface area contributed by atoms with Crippen LogP contribution in [0.25, 0.3) is 0 Å². The zero-order valence-corrected chi connectivity index (χ0v) is 21.6. The van der Waals surface area contributed by atoms with Crippen molar-refractivity contribution in [1.29, 1.82) is 0 Å². The lowest BCUT2D eigenvalue weighted by Gasteiger charge is -2.40. The number of fused-ring (bicyclic) bond motifs is 1. The van der Waals surface area contributed by atoms with Crippen LogP contribution in [-0.4, -0.2) is 68.7 Å². The number of anilines is 1. The molecular weight excluding hydrogens is 517 g/mol. The van der Waals surface area contributed by atoms with Crippen LogP contribution in [0.1, 0.15) is 51.4 Å². The number of hydrogen-bond donors (Lipinski definition) is 2. The summed E-state index contributed by atoms with van der Waals surface area (Å²) < 4.78 is 5.52. The molecule has 1 aromatic rings. The lowest BCUT2D eigenvalue weighted by Crippen LogP contribution is -2.53. The number of halogens is 1. The molecule has 178 valence electrons. The lowest BCUT2D eigenvalue weighted by molar-refractivity contribution is -0.121. The number of benzene rings is 1. The molecule has 1 saturated carbocycles. The highest BCUT2D eigenvalue weighted by molar-refractivity contribution is 14.0. The third kappa shape index (κ3) is 6.50. The van der Waals surface area contributed by atoms with Crippen molar-refractivity contribution in [2.45, 2.75) is 63.5 Å². The fraction of sp³-hybridized carbons (Fsp3) is 0.667. The summed E-state index contributed by atoms with van der Waals surface area (Å²) in [5.41, 5.74) is 0.867. The second kappa shape index (κ2) is 12.6. The van der Waals surface area contributed by atoms with Crippen molar-refractivity contribution >= 4 is 41.5 Å². The smallest absolute Gasteiger partial charge is 0.265 e. The van der Waals surface area contributed by atoms with Crippen LogP contribution in [-0.2, 0) is 4.79 Å². The third-order valence-corrected chi connectivity index (χ3v) is 6.77. The first-order chi connectivity index (χ1) is 15.2. The molecule has 0 radical (unpaired) electrons. The first-order valence-corrected chi connectivity index (χ1v) is 12.0. The molecular formula is C24H38IN5O2. The largest absolute Gasteiger partial charge is 0.482 e. The molecule has 4 rings (SSSR count). The molecule has 3 aliphatic rings. The zero-order chi connectivity index (χ0) is 21.5. The maximum Gasteiger partial charge on any atom is 0.265 e. The van der Waals surface area contributed by atoms with Gasteiger partial charge in [-0.05, 0) is 50.8 Å². The van der Waals surface area contributed by atoms with Crippen molar-refractivity contribution in [2.75, 3.05) is 44.7 Å². The van der Waals surface area contributed by atoms with E-state index < -0.39 is 0 Å². The summed E-state index contributed by atoms with van der Waals surface area (Å²) in [6.45, 7) is 3.91. The molecule has 2 aliphatic heterocycles. The number of ether oxygens (including phenoxy) is 1. The van der Waals surface area contributed by atoms with Crippen molar-refractivity contribution in [1.82, 2.24) is 15.5 Å². The Balaban J connectivity index is 0.00000289. The Hall–Kier alpha value is -1.55. The van der Waals surface area contributed by atoms with Gasteiger partial charge in [0.15, 0.2) is 12.6 Å². The summed E-state index contributed by atoms with van der Waals surface area (Å²) in [6, 6.07) is 8.97. The van der Waals surface area contributed by atoms with Gasteiger partial charge in [-0.3, -0.25) is 14.7 Å². The number of hydrogen-bond acceptors (Lipinski definition) is 4. The maximum atomic E-state index is 12.3. The number of rotatable bonds is 6. The van der Waals surface area contributed by atoms with Crippen molar-refractivity contribution < 1.29 is 9.53 Å². The molecule has 1 aliphatic carbocycles. The van der Waals surface area contributed by atoms with Gasteiger partial charge in [0.05, 0.1) is 5.69 Å². The fourth-order valence-electron chi connectivity index (χ4n) is 5.13. The van der Waals surface area contributed by atoms with E-state index in [4.69, 9.17) is 4.74 Å². The number of para-hydroxylation sites is 2. The minimum atomic E-state index is 0. The Morgan fingerprint density at radius 2 is 1.97 bits per heavy atom. The van der Waals surface area contributed by atoms with E-state index in [0.717, 1.165) is 42.9 Å². The Labute approximate surface area is 209 Å². The van der Waals surface area contributed by atoms with Crippen LogP contribution in [0.3, 0.4) is 0 Å². The molecule has 1 amide bonds. The summed E-state index contributed by atoms with van der Waals surface area (Å²) in [6.07, 6.45) is 10.2. The van der Waals surface area contributed by atoms with Gasteiger partial charge in [0, 0.05) is 38.8 Å². The van der Waals surface area contributed by atoms with Crippen LogP contribution in [0.5, 0.6) is 5.75 Å². The second-order valence-corrected chi connectivity index (χ2v) is 8.92. The monoisotopic (exact) mass is 555 g/mol. The number of amides is 1.